The van der Waals surface area contributed by atoms with Crippen LogP contribution in [0.5, 0.6) is 0 Å². The summed E-state index contributed by atoms with van der Waals surface area (Å²) in [6.07, 6.45) is 5.15. The second kappa shape index (κ2) is 8.69. The quantitative estimate of drug-likeness (QED) is 0.637. The van der Waals surface area contributed by atoms with Gasteiger partial charge < -0.3 is 15.4 Å². The normalized spacial score (nSPS) is 10.2. The first kappa shape index (κ1) is 13.6. The van der Waals surface area contributed by atoms with E-state index in [1.165, 1.54) is 12.8 Å². The topological polar surface area (TPSA) is 72.0 Å². The molecule has 1 rings (SSSR count). The Bertz CT molecular complexity index is 308. The van der Waals surface area contributed by atoms with E-state index < -0.39 is 0 Å². The molecule has 0 aliphatic carbocycles. The summed E-state index contributed by atoms with van der Waals surface area (Å²) in [4.78, 5) is 4.29. The third-order valence-corrected chi connectivity index (χ3v) is 2.23. The predicted octanol–water partition coefficient (Wildman–Crippen LogP) is 1.53. The number of hydrogen-bond donors (Lipinski definition) is 2. The summed E-state index contributed by atoms with van der Waals surface area (Å²) in [7, 11) is 1.67. The van der Waals surface area contributed by atoms with Gasteiger partial charge in [0.05, 0.1) is 12.8 Å². The van der Waals surface area contributed by atoms with E-state index in [1.54, 1.807) is 13.3 Å². The smallest absolute Gasteiger partial charge is 0.244 e. The van der Waals surface area contributed by atoms with E-state index in [0.29, 0.717) is 19.1 Å². The molecule has 6 heteroatoms. The average molecular weight is 239 g/mol. The van der Waals surface area contributed by atoms with Crippen molar-refractivity contribution in [3.8, 4) is 0 Å². The molecule has 0 radical (unpaired) electrons. The summed E-state index contributed by atoms with van der Waals surface area (Å²) < 4.78 is 4.94. The molecule has 6 nitrogen and oxygen atoms in total. The van der Waals surface area contributed by atoms with Gasteiger partial charge in [0.1, 0.15) is 0 Å². The minimum Gasteiger partial charge on any atom is -0.383 e. The third-order valence-electron chi connectivity index (χ3n) is 2.23. The van der Waals surface area contributed by atoms with Gasteiger partial charge >= 0.3 is 0 Å². The Morgan fingerprint density at radius 3 is 2.88 bits per heavy atom. The summed E-state index contributed by atoms with van der Waals surface area (Å²) in [5, 5.41) is 14.1. The van der Waals surface area contributed by atoms with Gasteiger partial charge in [-0.2, -0.15) is 10.1 Å². The van der Waals surface area contributed by atoms with Crippen molar-refractivity contribution in [2.75, 3.05) is 37.4 Å². The maximum absolute atomic E-state index is 4.94. The van der Waals surface area contributed by atoms with Gasteiger partial charge in [-0.05, 0) is 6.42 Å². The maximum Gasteiger partial charge on any atom is 0.244 e. The minimum atomic E-state index is 0.573. The second-order valence-corrected chi connectivity index (χ2v) is 3.72. The fraction of sp³-hybridized carbons (Fsp3) is 0.727. The lowest BCUT2D eigenvalue weighted by atomic mass is 10.2. The molecular weight excluding hydrogens is 218 g/mol. The van der Waals surface area contributed by atoms with Crippen LogP contribution in [0.2, 0.25) is 0 Å². The lowest BCUT2D eigenvalue weighted by Crippen LogP contribution is -2.12. The monoisotopic (exact) mass is 239 g/mol. The number of unbranched alkanes of at least 4 members (excludes halogenated alkanes) is 2. The summed E-state index contributed by atoms with van der Waals surface area (Å²) in [5.74, 6) is 1.29. The van der Waals surface area contributed by atoms with Gasteiger partial charge in [0.15, 0.2) is 5.82 Å². The van der Waals surface area contributed by atoms with Crippen LogP contribution in [0.1, 0.15) is 26.2 Å². The van der Waals surface area contributed by atoms with E-state index >= 15 is 0 Å². The molecular formula is C11H21N5O. The first-order valence-electron chi connectivity index (χ1n) is 6.03. The van der Waals surface area contributed by atoms with E-state index in [-0.39, 0.29) is 0 Å². The molecule has 0 unspecified atom stereocenters. The second-order valence-electron chi connectivity index (χ2n) is 3.72. The summed E-state index contributed by atoms with van der Waals surface area (Å²) >= 11 is 0. The summed E-state index contributed by atoms with van der Waals surface area (Å²) in [6, 6.07) is 0. The minimum absolute atomic E-state index is 0.573. The van der Waals surface area contributed by atoms with Crippen LogP contribution in [-0.2, 0) is 4.74 Å². The van der Waals surface area contributed by atoms with Crippen molar-refractivity contribution in [3.05, 3.63) is 6.20 Å². The lowest BCUT2D eigenvalue weighted by molar-refractivity contribution is 0.210. The van der Waals surface area contributed by atoms with Gasteiger partial charge in [-0.25, -0.2) is 0 Å². The van der Waals surface area contributed by atoms with Gasteiger partial charge in [0, 0.05) is 20.2 Å². The number of hydrogen-bond acceptors (Lipinski definition) is 6. The lowest BCUT2D eigenvalue weighted by Gasteiger charge is -2.06. The van der Waals surface area contributed by atoms with Crippen molar-refractivity contribution < 1.29 is 4.74 Å². The number of nitrogens with zero attached hydrogens (tertiary/aromatic N) is 3. The van der Waals surface area contributed by atoms with E-state index in [9.17, 15) is 0 Å². The molecule has 1 aromatic heterocycles. The van der Waals surface area contributed by atoms with Crippen molar-refractivity contribution in [3.63, 3.8) is 0 Å². The van der Waals surface area contributed by atoms with Crippen LogP contribution in [0.4, 0.5) is 11.8 Å². The first-order valence-corrected chi connectivity index (χ1v) is 6.03. The Hall–Kier alpha value is -1.43. The molecule has 17 heavy (non-hydrogen) atoms. The van der Waals surface area contributed by atoms with Crippen LogP contribution in [0.3, 0.4) is 0 Å². The zero-order chi connectivity index (χ0) is 12.3. The number of anilines is 2. The predicted molar refractivity (Wildman–Crippen MR) is 68.2 cm³/mol. The molecule has 0 saturated carbocycles. The Labute approximate surface area is 102 Å². The van der Waals surface area contributed by atoms with Gasteiger partial charge in [0.25, 0.3) is 0 Å². The average Bonchev–Trinajstić information content (AvgIpc) is 2.36. The van der Waals surface area contributed by atoms with Gasteiger partial charge in [0.2, 0.25) is 5.95 Å². The summed E-state index contributed by atoms with van der Waals surface area (Å²) in [5.41, 5.74) is 0. The van der Waals surface area contributed by atoms with Crippen LogP contribution >= 0.6 is 0 Å². The molecule has 2 N–H and O–H groups in total. The molecule has 96 valence electrons. The van der Waals surface area contributed by atoms with Crippen molar-refractivity contribution in [2.24, 2.45) is 0 Å². The molecule has 1 heterocycles. The zero-order valence-electron chi connectivity index (χ0n) is 10.6. The summed E-state index contributed by atoms with van der Waals surface area (Å²) in [6.45, 7) is 4.42. The molecule has 0 bridgehead atoms. The highest BCUT2D eigenvalue weighted by Gasteiger charge is 1.99. The van der Waals surface area contributed by atoms with Crippen molar-refractivity contribution in [1.82, 2.24) is 15.2 Å². The number of rotatable bonds is 9. The highest BCUT2D eigenvalue weighted by molar-refractivity contribution is 5.36. The molecule has 0 aliphatic rings. The van der Waals surface area contributed by atoms with Crippen LogP contribution in [-0.4, -0.2) is 42.0 Å². The van der Waals surface area contributed by atoms with Crippen molar-refractivity contribution in [2.45, 2.75) is 26.2 Å². The molecule has 0 saturated heterocycles. The molecule has 0 atom stereocenters. The van der Waals surface area contributed by atoms with E-state index in [4.69, 9.17) is 4.74 Å². The highest BCUT2D eigenvalue weighted by Crippen LogP contribution is 2.03. The number of ether oxygens (including phenoxy) is 1. The van der Waals surface area contributed by atoms with Crippen LogP contribution in [0.25, 0.3) is 0 Å². The van der Waals surface area contributed by atoms with Crippen LogP contribution < -0.4 is 10.6 Å². The van der Waals surface area contributed by atoms with Gasteiger partial charge in [-0.3, -0.25) is 0 Å². The SMILES string of the molecule is CCCCCNc1nncc(NCCOC)n1. The Morgan fingerprint density at radius 2 is 2.12 bits per heavy atom. The number of aromatic nitrogens is 3. The van der Waals surface area contributed by atoms with E-state index in [1.807, 2.05) is 0 Å². The highest BCUT2D eigenvalue weighted by atomic mass is 16.5. The zero-order valence-corrected chi connectivity index (χ0v) is 10.6. The third kappa shape index (κ3) is 6.01. The Balaban J connectivity index is 2.31. The van der Waals surface area contributed by atoms with Gasteiger partial charge in [-0.1, -0.05) is 19.8 Å². The van der Waals surface area contributed by atoms with Crippen molar-refractivity contribution >= 4 is 11.8 Å². The Kier molecular flexibility index (Phi) is 6.97. The molecule has 0 spiro atoms. The standard InChI is InChI=1S/C11H21N5O/c1-3-4-5-6-13-11-15-10(9-14-16-11)12-7-8-17-2/h9H,3-8H2,1-2H3,(H2,12,13,15,16). The largest absolute Gasteiger partial charge is 0.383 e. The molecule has 1 aromatic rings. The fourth-order valence-electron chi connectivity index (χ4n) is 1.32. The molecule has 0 aromatic carbocycles. The number of nitrogens with one attached hydrogen (secondary N) is 2. The molecule has 0 fully saturated rings. The van der Waals surface area contributed by atoms with Crippen molar-refractivity contribution in [1.29, 1.82) is 0 Å². The van der Waals surface area contributed by atoms with E-state index in [2.05, 4.69) is 32.7 Å². The van der Waals surface area contributed by atoms with Crippen LogP contribution in [0.15, 0.2) is 6.20 Å². The van der Waals surface area contributed by atoms with E-state index in [0.717, 1.165) is 18.8 Å². The van der Waals surface area contributed by atoms with Gasteiger partial charge in [-0.15, -0.1) is 5.10 Å². The van der Waals surface area contributed by atoms with Crippen LogP contribution in [0, 0.1) is 0 Å². The number of methoxy groups -OCH3 is 1. The fourth-order valence-corrected chi connectivity index (χ4v) is 1.32. The maximum atomic E-state index is 4.94. The Morgan fingerprint density at radius 1 is 1.24 bits per heavy atom. The first-order chi connectivity index (χ1) is 8.36. The molecule has 0 aliphatic heterocycles. The molecule has 0 amide bonds.